The first-order valence-corrected chi connectivity index (χ1v) is 7.42. The van der Waals surface area contributed by atoms with Crippen molar-refractivity contribution in [2.45, 2.75) is 26.6 Å². The van der Waals surface area contributed by atoms with Crippen molar-refractivity contribution in [1.29, 1.82) is 0 Å². The van der Waals surface area contributed by atoms with Crippen LogP contribution in [0.5, 0.6) is 0 Å². The van der Waals surface area contributed by atoms with E-state index in [4.69, 9.17) is 4.74 Å². The average molecular weight is 287 g/mol. The number of methoxy groups -OCH3 is 1. The van der Waals surface area contributed by atoms with Crippen molar-refractivity contribution in [2.75, 3.05) is 45.7 Å². The van der Waals surface area contributed by atoms with Crippen molar-refractivity contribution in [3.8, 4) is 0 Å². The Bertz CT molecular complexity index is 369. The summed E-state index contributed by atoms with van der Waals surface area (Å²) in [6.45, 7) is 5.61. The van der Waals surface area contributed by atoms with Crippen molar-refractivity contribution in [3.63, 3.8) is 0 Å². The van der Waals surface area contributed by atoms with Crippen LogP contribution < -0.4 is 4.90 Å². The van der Waals surface area contributed by atoms with Gasteiger partial charge in [-0.05, 0) is 34.0 Å². The van der Waals surface area contributed by atoms with Crippen molar-refractivity contribution in [1.82, 2.24) is 9.88 Å². The van der Waals surface area contributed by atoms with Crippen molar-refractivity contribution < 1.29 is 9.84 Å². The van der Waals surface area contributed by atoms with E-state index in [0.29, 0.717) is 6.61 Å². The summed E-state index contributed by atoms with van der Waals surface area (Å²) in [5.74, 6) is 0. The van der Waals surface area contributed by atoms with Gasteiger partial charge in [0.2, 0.25) is 0 Å². The van der Waals surface area contributed by atoms with Gasteiger partial charge in [-0.2, -0.15) is 0 Å². The van der Waals surface area contributed by atoms with E-state index in [0.717, 1.165) is 41.8 Å². The number of aliphatic hydroxyl groups is 1. The molecule has 1 N–H and O–H groups in total. The highest BCUT2D eigenvalue weighted by molar-refractivity contribution is 7.15. The molecule has 6 heteroatoms. The maximum absolute atomic E-state index is 9.35. The number of aliphatic hydroxyl groups excluding tert-OH is 1. The highest BCUT2D eigenvalue weighted by atomic mass is 32.1. The third-order valence-corrected chi connectivity index (χ3v) is 4.02. The van der Waals surface area contributed by atoms with Crippen molar-refractivity contribution in [2.24, 2.45) is 0 Å². The zero-order valence-corrected chi connectivity index (χ0v) is 13.2. The lowest BCUT2D eigenvalue weighted by Crippen LogP contribution is -2.26. The highest BCUT2D eigenvalue weighted by Gasteiger charge is 2.14. The molecule has 1 rings (SSSR count). The van der Waals surface area contributed by atoms with E-state index in [1.54, 1.807) is 18.4 Å². The molecule has 1 aromatic heterocycles. The fraction of sp³-hybridized carbons (Fsp3) is 0.769. The van der Waals surface area contributed by atoms with Crippen molar-refractivity contribution >= 4 is 16.5 Å². The molecule has 0 aliphatic carbocycles. The van der Waals surface area contributed by atoms with Gasteiger partial charge in [-0.15, -0.1) is 0 Å². The number of hydrogen-bond acceptors (Lipinski definition) is 6. The number of thiazole rings is 1. The molecule has 0 atom stereocenters. The van der Waals surface area contributed by atoms with Gasteiger partial charge < -0.3 is 19.6 Å². The van der Waals surface area contributed by atoms with E-state index < -0.39 is 0 Å². The van der Waals surface area contributed by atoms with Gasteiger partial charge in [-0.3, -0.25) is 0 Å². The number of anilines is 1. The molecule has 0 aliphatic rings. The third-order valence-electron chi connectivity index (χ3n) is 2.88. The molecular formula is C13H25N3O2S. The molecule has 1 heterocycles. The zero-order valence-electron chi connectivity index (χ0n) is 12.3. The Morgan fingerprint density at radius 1 is 1.32 bits per heavy atom. The van der Waals surface area contributed by atoms with Gasteiger partial charge >= 0.3 is 0 Å². The SMILES string of the molecule is CCN(CCCN(C)C)c1nc(COC)c(CO)s1. The summed E-state index contributed by atoms with van der Waals surface area (Å²) in [6.07, 6.45) is 1.11. The van der Waals surface area contributed by atoms with Crippen LogP contribution in [0.2, 0.25) is 0 Å². The Morgan fingerprint density at radius 3 is 2.58 bits per heavy atom. The fourth-order valence-electron chi connectivity index (χ4n) is 1.84. The van der Waals surface area contributed by atoms with Gasteiger partial charge in [-0.25, -0.2) is 4.98 Å². The molecule has 110 valence electrons. The molecule has 5 nitrogen and oxygen atoms in total. The first-order valence-electron chi connectivity index (χ1n) is 6.60. The van der Waals surface area contributed by atoms with Crippen LogP contribution in [0.3, 0.4) is 0 Å². The van der Waals surface area contributed by atoms with Crippen LogP contribution >= 0.6 is 11.3 Å². The van der Waals surface area contributed by atoms with Crippen LogP contribution in [-0.4, -0.2) is 55.8 Å². The second-order valence-electron chi connectivity index (χ2n) is 4.69. The normalized spacial score (nSPS) is 11.3. The zero-order chi connectivity index (χ0) is 14.3. The van der Waals surface area contributed by atoms with Crippen LogP contribution in [0, 0.1) is 0 Å². The number of hydrogen-bond donors (Lipinski definition) is 1. The number of ether oxygens (including phenoxy) is 1. The number of nitrogens with zero attached hydrogens (tertiary/aromatic N) is 3. The summed E-state index contributed by atoms with van der Waals surface area (Å²) in [5.41, 5.74) is 0.857. The maximum atomic E-state index is 9.35. The molecule has 0 radical (unpaired) electrons. The molecular weight excluding hydrogens is 262 g/mol. The van der Waals surface area contributed by atoms with E-state index in [2.05, 4.69) is 35.8 Å². The molecule has 19 heavy (non-hydrogen) atoms. The maximum Gasteiger partial charge on any atom is 0.185 e. The van der Waals surface area contributed by atoms with Crippen LogP contribution in [-0.2, 0) is 18.0 Å². The van der Waals surface area contributed by atoms with Crippen molar-refractivity contribution in [3.05, 3.63) is 10.6 Å². The topological polar surface area (TPSA) is 48.8 Å². The molecule has 0 aliphatic heterocycles. The van der Waals surface area contributed by atoms with E-state index in [9.17, 15) is 5.11 Å². The molecule has 0 fully saturated rings. The van der Waals surface area contributed by atoms with Crippen LogP contribution in [0.15, 0.2) is 0 Å². The van der Waals surface area contributed by atoms with Gasteiger partial charge in [0.1, 0.15) is 0 Å². The summed E-state index contributed by atoms with van der Waals surface area (Å²) in [6, 6.07) is 0. The van der Waals surface area contributed by atoms with E-state index in [-0.39, 0.29) is 6.61 Å². The van der Waals surface area contributed by atoms with Crippen LogP contribution in [0.25, 0.3) is 0 Å². The Hall–Kier alpha value is -0.690. The minimum atomic E-state index is 0.0333. The number of aromatic nitrogens is 1. The Balaban J connectivity index is 2.69. The summed E-state index contributed by atoms with van der Waals surface area (Å²) >= 11 is 1.56. The quantitative estimate of drug-likeness (QED) is 0.747. The first-order chi connectivity index (χ1) is 9.12. The minimum Gasteiger partial charge on any atom is -0.391 e. The van der Waals surface area contributed by atoms with Gasteiger partial charge in [0.15, 0.2) is 5.13 Å². The Kier molecular flexibility index (Phi) is 7.30. The molecule has 0 spiro atoms. The summed E-state index contributed by atoms with van der Waals surface area (Å²) in [4.78, 5) is 9.93. The predicted octanol–water partition coefficient (Wildman–Crippen LogP) is 1.56. The Morgan fingerprint density at radius 2 is 2.05 bits per heavy atom. The monoisotopic (exact) mass is 287 g/mol. The lowest BCUT2D eigenvalue weighted by Gasteiger charge is -2.20. The summed E-state index contributed by atoms with van der Waals surface area (Å²) < 4.78 is 5.12. The largest absolute Gasteiger partial charge is 0.391 e. The molecule has 0 saturated carbocycles. The molecule has 0 saturated heterocycles. The predicted molar refractivity (Wildman–Crippen MR) is 79.8 cm³/mol. The fourth-order valence-corrected chi connectivity index (χ4v) is 2.86. The summed E-state index contributed by atoms with van der Waals surface area (Å²) in [5, 5.41) is 10.3. The van der Waals surface area contributed by atoms with Gasteiger partial charge in [0, 0.05) is 20.2 Å². The highest BCUT2D eigenvalue weighted by Crippen LogP contribution is 2.27. The molecule has 0 amide bonds. The van der Waals surface area contributed by atoms with E-state index in [1.807, 2.05) is 0 Å². The van der Waals surface area contributed by atoms with Crippen LogP contribution in [0.4, 0.5) is 5.13 Å². The molecule has 0 bridgehead atoms. The second-order valence-corrected chi connectivity index (χ2v) is 5.76. The van der Waals surface area contributed by atoms with Gasteiger partial charge in [0.05, 0.1) is 23.8 Å². The van der Waals surface area contributed by atoms with Crippen LogP contribution in [0.1, 0.15) is 23.9 Å². The molecule has 1 aromatic rings. The molecule has 0 aromatic carbocycles. The second kappa shape index (κ2) is 8.47. The standard InChI is InChI=1S/C13H25N3O2S/c1-5-16(8-6-7-15(2)3)13-14-11(10-18-4)12(9-17)19-13/h17H,5-10H2,1-4H3. The smallest absolute Gasteiger partial charge is 0.185 e. The van der Waals surface area contributed by atoms with Gasteiger partial charge in [-0.1, -0.05) is 11.3 Å². The minimum absolute atomic E-state index is 0.0333. The lowest BCUT2D eigenvalue weighted by molar-refractivity contribution is 0.179. The first kappa shape index (κ1) is 16.4. The van der Waals surface area contributed by atoms with E-state index in [1.165, 1.54) is 0 Å². The summed E-state index contributed by atoms with van der Waals surface area (Å²) in [7, 11) is 5.81. The third kappa shape index (κ3) is 5.06. The molecule has 0 unspecified atom stereocenters. The van der Waals surface area contributed by atoms with Gasteiger partial charge in [0.25, 0.3) is 0 Å². The lowest BCUT2D eigenvalue weighted by atomic mass is 10.3. The number of rotatable bonds is 9. The average Bonchev–Trinajstić information content (AvgIpc) is 2.78. The Labute approximate surface area is 119 Å². The van der Waals surface area contributed by atoms with E-state index >= 15 is 0 Å².